The van der Waals surface area contributed by atoms with Crippen molar-refractivity contribution in [2.75, 3.05) is 6.61 Å². The molecule has 1 aromatic rings. The van der Waals surface area contributed by atoms with Crippen molar-refractivity contribution in [3.8, 4) is 0 Å². The van der Waals surface area contributed by atoms with Crippen molar-refractivity contribution in [2.45, 2.75) is 32.6 Å². The third-order valence-electron chi connectivity index (χ3n) is 4.11. The van der Waals surface area contributed by atoms with E-state index in [4.69, 9.17) is 19.4 Å². The second kappa shape index (κ2) is 8.95. The monoisotopic (exact) mass is 486 g/mol. The average Bonchev–Trinajstić information content (AvgIpc) is 2.89. The molecule has 1 fully saturated rings. The van der Waals surface area contributed by atoms with Crippen molar-refractivity contribution in [3.05, 3.63) is 32.6 Å². The molecule has 15 nitrogen and oxygen atoms in total. The van der Waals surface area contributed by atoms with Gasteiger partial charge in [0.2, 0.25) is 0 Å². The number of aromatic nitrogens is 2. The van der Waals surface area contributed by atoms with Gasteiger partial charge in [-0.25, -0.2) is 0 Å². The fourth-order valence-corrected chi connectivity index (χ4v) is 7.31. The van der Waals surface area contributed by atoms with Crippen molar-refractivity contribution in [1.29, 1.82) is 0 Å². The standard InChI is InChI=1S/C11H25N2O13P3/c1-6-3-9(13-4-7(2)10(14)12-11(13)15)24-8(6)5-23-25-28(19,20)26-29(21,22)27(16,17)18/h4,6,8-9,16-22,27-29H,3,5H2,1-2H3,(H,12,14,15). The summed E-state index contributed by atoms with van der Waals surface area (Å²) in [7, 11) is -16.7. The minimum atomic E-state index is -5.64. The second-order valence-corrected chi connectivity index (χ2v) is 15.1. The van der Waals surface area contributed by atoms with Crippen LogP contribution in [0.15, 0.2) is 15.8 Å². The summed E-state index contributed by atoms with van der Waals surface area (Å²) in [6.07, 6.45) is 0.264. The van der Waals surface area contributed by atoms with Crippen LogP contribution in [0.3, 0.4) is 0 Å². The molecule has 1 aliphatic rings. The maximum atomic E-state index is 11.9. The molecule has 29 heavy (non-hydrogen) atoms. The van der Waals surface area contributed by atoms with Gasteiger partial charge in [0.15, 0.2) is 0 Å². The number of nitrogens with one attached hydrogen (secondary N) is 1. The molecule has 1 aliphatic heterocycles. The molecule has 2 heterocycles. The van der Waals surface area contributed by atoms with Gasteiger partial charge < -0.3 is 0 Å². The molecule has 0 saturated carbocycles. The molecule has 0 aromatic carbocycles. The third-order valence-corrected chi connectivity index (χ3v) is 11.1. The first-order valence-corrected chi connectivity index (χ1v) is 14.5. The maximum absolute atomic E-state index is 11.9. The Kier molecular flexibility index (Phi) is 7.65. The number of aromatic amines is 1. The predicted octanol–water partition coefficient (Wildman–Crippen LogP) is -2.01. The van der Waals surface area contributed by atoms with Crippen LogP contribution in [0.5, 0.6) is 0 Å². The average molecular weight is 486 g/mol. The fraction of sp³-hybridized carbons (Fsp3) is 0.636. The van der Waals surface area contributed by atoms with E-state index < -0.39 is 53.6 Å². The normalized spacial score (nSPS) is 25.2. The molecule has 3 unspecified atom stereocenters. The van der Waals surface area contributed by atoms with Crippen LogP contribution in [0.25, 0.3) is 0 Å². The molecule has 0 spiro atoms. The van der Waals surface area contributed by atoms with Gasteiger partial charge in [0.1, 0.15) is 0 Å². The van der Waals surface area contributed by atoms with E-state index in [2.05, 4.69) is 18.9 Å². The number of nitrogens with zero attached hydrogens (tertiary/aromatic N) is 1. The summed E-state index contributed by atoms with van der Waals surface area (Å²) in [6.45, 7) is 2.86. The summed E-state index contributed by atoms with van der Waals surface area (Å²) in [5.74, 6) is -0.200. The number of aryl methyl sites for hydroxylation is 1. The fourth-order valence-electron chi connectivity index (χ4n) is 2.49. The zero-order valence-corrected chi connectivity index (χ0v) is 18.3. The summed E-state index contributed by atoms with van der Waals surface area (Å²) < 4.78 is 15.0. The zero-order chi connectivity index (χ0) is 22.2. The Bertz CT molecular complexity index is 835. The van der Waals surface area contributed by atoms with Crippen LogP contribution >= 0.6 is 23.4 Å². The van der Waals surface area contributed by atoms with E-state index in [1.54, 1.807) is 6.92 Å². The van der Waals surface area contributed by atoms with Crippen LogP contribution in [0.1, 0.15) is 25.1 Å². The number of ether oxygens (including phenoxy) is 1. The van der Waals surface area contributed by atoms with Crippen molar-refractivity contribution in [1.82, 2.24) is 9.55 Å². The molecule has 1 aromatic heterocycles. The first-order valence-electron chi connectivity index (χ1n) is 8.18. The molecular formula is C11H25N2O13P3. The molecule has 18 heteroatoms. The summed E-state index contributed by atoms with van der Waals surface area (Å²) in [4.78, 5) is 94.2. The van der Waals surface area contributed by atoms with Gasteiger partial charge >= 0.3 is 164 Å². The molecule has 0 amide bonds. The Morgan fingerprint density at radius 3 is 2.41 bits per heavy atom. The van der Waals surface area contributed by atoms with Crippen molar-refractivity contribution >= 4 is 23.4 Å². The molecule has 172 valence electrons. The molecular weight excluding hydrogens is 461 g/mol. The summed E-state index contributed by atoms with van der Waals surface area (Å²) in [5.41, 5.74) is -0.891. The number of hydrogen-bond acceptors (Lipinski definition) is 13. The quantitative estimate of drug-likeness (QED) is 0.113. The molecule has 3 atom stereocenters. The van der Waals surface area contributed by atoms with Crippen molar-refractivity contribution < 1.29 is 52.9 Å². The Hall–Kier alpha value is -0.470. The van der Waals surface area contributed by atoms with Crippen molar-refractivity contribution in [3.63, 3.8) is 0 Å². The number of rotatable bonds is 8. The molecule has 0 bridgehead atoms. The molecule has 1 saturated heterocycles. The topological polar surface area (TPSA) is 233 Å². The first kappa shape index (κ1) is 24.8. The minimum absolute atomic E-state index is 0.200. The number of H-pyrrole nitrogens is 1. The van der Waals surface area contributed by atoms with Crippen LogP contribution < -0.4 is 11.2 Å². The van der Waals surface area contributed by atoms with Crippen LogP contribution in [-0.2, 0) is 18.6 Å². The Morgan fingerprint density at radius 1 is 1.21 bits per heavy atom. The second-order valence-electron chi connectivity index (χ2n) is 6.58. The van der Waals surface area contributed by atoms with Gasteiger partial charge in [-0.2, -0.15) is 0 Å². The Labute approximate surface area is 164 Å². The van der Waals surface area contributed by atoms with Gasteiger partial charge in [-0.05, 0) is 0 Å². The van der Waals surface area contributed by atoms with E-state index in [9.17, 15) is 29.2 Å². The first-order chi connectivity index (χ1) is 13.1. The van der Waals surface area contributed by atoms with E-state index in [-0.39, 0.29) is 5.92 Å². The van der Waals surface area contributed by atoms with Gasteiger partial charge in [-0.15, -0.1) is 0 Å². The molecule has 0 radical (unpaired) electrons. The van der Waals surface area contributed by atoms with E-state index in [1.165, 1.54) is 17.7 Å². The van der Waals surface area contributed by atoms with Gasteiger partial charge in [-0.3, -0.25) is 0 Å². The van der Waals surface area contributed by atoms with Crippen molar-refractivity contribution in [2.24, 2.45) is 5.92 Å². The van der Waals surface area contributed by atoms with E-state index in [0.29, 0.717) is 12.0 Å². The Morgan fingerprint density at radius 2 is 1.83 bits per heavy atom. The summed E-state index contributed by atoms with van der Waals surface area (Å²) >= 11 is 0. The Balaban J connectivity index is 1.94. The molecule has 8 N–H and O–H groups in total. The summed E-state index contributed by atoms with van der Waals surface area (Å²) in [5, 5.41) is 0. The van der Waals surface area contributed by atoms with Crippen LogP contribution in [-0.4, -0.2) is 56.5 Å². The van der Waals surface area contributed by atoms with Gasteiger partial charge in [0.05, 0.1) is 0 Å². The molecule has 0 aliphatic carbocycles. The zero-order valence-electron chi connectivity index (χ0n) is 15.3. The van der Waals surface area contributed by atoms with E-state index >= 15 is 0 Å². The SMILES string of the molecule is Cc1cn(C2CC(C)C(COO[PH](O)(O)O[PH](O)(O)[PH](O)(O)O)O2)c(=O)[nH]c1=O. The van der Waals surface area contributed by atoms with Gasteiger partial charge in [0.25, 0.3) is 0 Å². The van der Waals surface area contributed by atoms with Gasteiger partial charge in [0, 0.05) is 0 Å². The van der Waals surface area contributed by atoms with Crippen LogP contribution in [0.2, 0.25) is 0 Å². The van der Waals surface area contributed by atoms with Crippen LogP contribution in [0.4, 0.5) is 0 Å². The van der Waals surface area contributed by atoms with Gasteiger partial charge in [-0.1, -0.05) is 0 Å². The molecule has 2 rings (SSSR count). The summed E-state index contributed by atoms with van der Waals surface area (Å²) in [6, 6.07) is 0. The van der Waals surface area contributed by atoms with E-state index in [1.807, 2.05) is 0 Å². The van der Waals surface area contributed by atoms with Crippen LogP contribution in [0, 0.1) is 12.8 Å². The number of hydrogen-bond donors (Lipinski definition) is 8. The third kappa shape index (κ3) is 6.26. The van der Waals surface area contributed by atoms with E-state index in [0.717, 1.165) is 0 Å². The predicted molar refractivity (Wildman–Crippen MR) is 102 cm³/mol.